The fourth-order valence-corrected chi connectivity index (χ4v) is 2.31. The first-order valence-electron chi connectivity index (χ1n) is 7.14. The maximum absolute atomic E-state index is 14.4. The van der Waals surface area contributed by atoms with Crippen LogP contribution in [0.5, 0.6) is 0 Å². The van der Waals surface area contributed by atoms with Gasteiger partial charge in [0.15, 0.2) is 11.6 Å². The summed E-state index contributed by atoms with van der Waals surface area (Å²) >= 11 is 0. The lowest BCUT2D eigenvalue weighted by Gasteiger charge is -2.25. The van der Waals surface area contributed by atoms with Crippen molar-refractivity contribution < 1.29 is 17.6 Å². The van der Waals surface area contributed by atoms with E-state index >= 15 is 0 Å². The Morgan fingerprint density at radius 1 is 1.24 bits per heavy atom. The van der Waals surface area contributed by atoms with Crippen LogP contribution in [0.25, 0.3) is 0 Å². The highest BCUT2D eigenvalue weighted by atomic mass is 19.4. The van der Waals surface area contributed by atoms with Gasteiger partial charge in [-0.15, -0.1) is 0 Å². The minimum Gasteiger partial charge on any atom is -0.342 e. The molecule has 1 N–H and O–H groups in total. The molecule has 0 saturated heterocycles. The molecule has 116 valence electrons. The first-order valence-corrected chi connectivity index (χ1v) is 7.14. The third kappa shape index (κ3) is 3.84. The van der Waals surface area contributed by atoms with Crippen LogP contribution in [0.4, 0.5) is 23.4 Å². The Labute approximate surface area is 120 Å². The van der Waals surface area contributed by atoms with Crippen LogP contribution in [0.15, 0.2) is 12.3 Å². The quantitative estimate of drug-likeness (QED) is 0.819. The molecule has 7 heteroatoms. The van der Waals surface area contributed by atoms with Crippen molar-refractivity contribution in [1.29, 1.82) is 0 Å². The smallest absolute Gasteiger partial charge is 0.342 e. The fourth-order valence-electron chi connectivity index (χ4n) is 2.31. The molecule has 3 nitrogen and oxygen atoms in total. The third-order valence-corrected chi connectivity index (χ3v) is 3.72. The maximum Gasteiger partial charge on any atom is 0.405 e. The van der Waals surface area contributed by atoms with E-state index in [4.69, 9.17) is 0 Å². The van der Waals surface area contributed by atoms with Crippen molar-refractivity contribution in [3.63, 3.8) is 0 Å². The largest absolute Gasteiger partial charge is 0.405 e. The highest BCUT2D eigenvalue weighted by Crippen LogP contribution is 2.35. The zero-order chi connectivity index (χ0) is 15.0. The topological polar surface area (TPSA) is 28.2 Å². The van der Waals surface area contributed by atoms with Crippen molar-refractivity contribution in [2.24, 2.45) is 0 Å². The molecule has 0 radical (unpaired) electrons. The molecule has 2 aliphatic rings. The van der Waals surface area contributed by atoms with Gasteiger partial charge in [0.25, 0.3) is 0 Å². The number of hydrogen-bond donors (Lipinski definition) is 1. The van der Waals surface area contributed by atoms with E-state index < -0.39 is 18.5 Å². The Morgan fingerprint density at radius 2 is 1.95 bits per heavy atom. The van der Waals surface area contributed by atoms with Crippen molar-refractivity contribution >= 4 is 5.82 Å². The van der Waals surface area contributed by atoms with Crippen LogP contribution < -0.4 is 10.2 Å². The second-order valence-electron chi connectivity index (χ2n) is 5.74. The molecule has 3 rings (SSSR count). The summed E-state index contributed by atoms with van der Waals surface area (Å²) in [5.41, 5.74) is 0.375. The van der Waals surface area contributed by atoms with Crippen LogP contribution in [-0.2, 0) is 6.54 Å². The van der Waals surface area contributed by atoms with E-state index in [9.17, 15) is 17.6 Å². The number of nitrogens with one attached hydrogen (secondary N) is 1. The molecule has 2 saturated carbocycles. The molecule has 1 aromatic heterocycles. The molecule has 2 aliphatic carbocycles. The number of alkyl halides is 3. The summed E-state index contributed by atoms with van der Waals surface area (Å²) in [4.78, 5) is 4.90. The van der Waals surface area contributed by atoms with Crippen LogP contribution in [0, 0.1) is 5.82 Å². The van der Waals surface area contributed by atoms with Crippen molar-refractivity contribution in [3.05, 3.63) is 23.6 Å². The Hall–Kier alpha value is -1.37. The summed E-state index contributed by atoms with van der Waals surface area (Å²) in [6.45, 7) is -0.822. The van der Waals surface area contributed by atoms with E-state index in [1.807, 2.05) is 0 Å². The van der Waals surface area contributed by atoms with Crippen LogP contribution >= 0.6 is 0 Å². The molecular weight excluding hydrogens is 286 g/mol. The third-order valence-electron chi connectivity index (χ3n) is 3.72. The van der Waals surface area contributed by atoms with E-state index in [1.54, 1.807) is 0 Å². The zero-order valence-corrected chi connectivity index (χ0v) is 11.5. The summed E-state index contributed by atoms with van der Waals surface area (Å²) in [6, 6.07) is 1.68. The van der Waals surface area contributed by atoms with E-state index in [0.29, 0.717) is 31.0 Å². The zero-order valence-electron chi connectivity index (χ0n) is 11.5. The Bertz CT molecular complexity index is 509. The predicted octanol–water partition coefficient (Wildman–Crippen LogP) is 3.00. The summed E-state index contributed by atoms with van der Waals surface area (Å²) < 4.78 is 52.5. The molecule has 0 aliphatic heterocycles. The van der Waals surface area contributed by atoms with Crippen LogP contribution in [0.2, 0.25) is 0 Å². The first kappa shape index (κ1) is 14.6. The van der Waals surface area contributed by atoms with Gasteiger partial charge in [0.2, 0.25) is 0 Å². The number of aromatic nitrogens is 1. The molecule has 21 heavy (non-hydrogen) atoms. The standard InChI is InChI=1S/C14H17F4N3/c15-12-9(7-20-10-1-2-10)5-6-19-13(12)21(11-3-4-11)8-14(16,17)18/h5-6,10-11,20H,1-4,7-8H2. The van der Waals surface area contributed by atoms with Gasteiger partial charge in [-0.1, -0.05) is 0 Å². The van der Waals surface area contributed by atoms with Gasteiger partial charge in [-0.05, 0) is 31.7 Å². The molecule has 0 atom stereocenters. The molecule has 0 aromatic carbocycles. The highest BCUT2D eigenvalue weighted by Gasteiger charge is 2.40. The number of hydrogen-bond acceptors (Lipinski definition) is 3. The second-order valence-corrected chi connectivity index (χ2v) is 5.74. The molecular formula is C14H17F4N3. The van der Waals surface area contributed by atoms with Gasteiger partial charge in [-0.3, -0.25) is 0 Å². The lowest BCUT2D eigenvalue weighted by Crippen LogP contribution is -2.37. The molecule has 0 amide bonds. The van der Waals surface area contributed by atoms with Gasteiger partial charge in [-0.25, -0.2) is 9.37 Å². The SMILES string of the molecule is Fc1c(CNC2CC2)ccnc1N(CC(F)(F)F)C1CC1. The monoisotopic (exact) mass is 303 g/mol. The van der Waals surface area contributed by atoms with Crippen LogP contribution in [-0.4, -0.2) is 29.8 Å². The molecule has 0 unspecified atom stereocenters. The minimum absolute atomic E-state index is 0.176. The summed E-state index contributed by atoms with van der Waals surface area (Å²) in [5, 5.41) is 3.16. The van der Waals surface area contributed by atoms with Gasteiger partial charge in [0.1, 0.15) is 6.54 Å². The molecule has 0 bridgehead atoms. The second kappa shape index (κ2) is 5.44. The van der Waals surface area contributed by atoms with E-state index in [-0.39, 0.29) is 11.9 Å². The van der Waals surface area contributed by atoms with Crippen molar-refractivity contribution in [2.75, 3.05) is 11.4 Å². The summed E-state index contributed by atoms with van der Waals surface area (Å²) in [6.07, 6.45) is 0.472. The molecule has 0 spiro atoms. The number of pyridine rings is 1. The lowest BCUT2D eigenvalue weighted by atomic mass is 10.2. The van der Waals surface area contributed by atoms with E-state index in [2.05, 4.69) is 10.3 Å². The van der Waals surface area contributed by atoms with Gasteiger partial charge in [0.05, 0.1) is 0 Å². The van der Waals surface area contributed by atoms with Crippen molar-refractivity contribution in [1.82, 2.24) is 10.3 Å². The first-order chi connectivity index (χ1) is 9.94. The summed E-state index contributed by atoms with van der Waals surface area (Å²) in [5.74, 6) is -0.813. The number of halogens is 4. The summed E-state index contributed by atoms with van der Waals surface area (Å²) in [7, 11) is 0. The van der Waals surface area contributed by atoms with E-state index in [1.165, 1.54) is 12.3 Å². The predicted molar refractivity (Wildman–Crippen MR) is 70.5 cm³/mol. The van der Waals surface area contributed by atoms with Crippen LogP contribution in [0.3, 0.4) is 0 Å². The average molecular weight is 303 g/mol. The van der Waals surface area contributed by atoms with Crippen molar-refractivity contribution in [3.8, 4) is 0 Å². The Balaban J connectivity index is 1.79. The molecule has 2 fully saturated rings. The molecule has 1 aromatic rings. The number of nitrogens with zero attached hydrogens (tertiary/aromatic N) is 2. The Kier molecular flexibility index (Phi) is 3.77. The number of rotatable bonds is 6. The fraction of sp³-hybridized carbons (Fsp3) is 0.643. The molecule has 1 heterocycles. The highest BCUT2D eigenvalue weighted by molar-refractivity contribution is 5.45. The van der Waals surface area contributed by atoms with Crippen LogP contribution in [0.1, 0.15) is 31.2 Å². The number of anilines is 1. The average Bonchev–Trinajstić information content (AvgIpc) is 3.26. The van der Waals surface area contributed by atoms with E-state index in [0.717, 1.165) is 17.7 Å². The van der Waals surface area contributed by atoms with Crippen molar-refractivity contribution in [2.45, 2.75) is 50.5 Å². The Morgan fingerprint density at radius 3 is 2.52 bits per heavy atom. The van der Waals surface area contributed by atoms with Gasteiger partial charge >= 0.3 is 6.18 Å². The lowest BCUT2D eigenvalue weighted by molar-refractivity contribution is -0.120. The normalized spacial score (nSPS) is 18.9. The van der Waals surface area contributed by atoms with Gasteiger partial charge in [0, 0.05) is 30.4 Å². The van der Waals surface area contributed by atoms with Gasteiger partial charge < -0.3 is 10.2 Å². The maximum atomic E-state index is 14.4. The minimum atomic E-state index is -4.36. The van der Waals surface area contributed by atoms with Gasteiger partial charge in [-0.2, -0.15) is 13.2 Å².